The molecule has 106 valence electrons. The van der Waals surface area contributed by atoms with E-state index < -0.39 is 17.3 Å². The van der Waals surface area contributed by atoms with Gasteiger partial charge in [-0.1, -0.05) is 6.92 Å². The Hall–Kier alpha value is -0.120. The molecule has 3 heteroatoms. The number of aliphatic hydroxyl groups is 3. The molecule has 0 aromatic rings. The van der Waals surface area contributed by atoms with Gasteiger partial charge in [0, 0.05) is 0 Å². The molecule has 0 spiro atoms. The molecule has 3 nitrogen and oxygen atoms in total. The fraction of sp³-hybridized carbons (Fsp3) is 1.00. The van der Waals surface area contributed by atoms with Crippen LogP contribution in [0.3, 0.4) is 0 Å². The van der Waals surface area contributed by atoms with Crippen molar-refractivity contribution in [3.8, 4) is 0 Å². The first-order valence-corrected chi connectivity index (χ1v) is 7.27. The zero-order valence-corrected chi connectivity index (χ0v) is 12.1. The first-order valence-electron chi connectivity index (χ1n) is 7.27. The standard InChI is InChI=1S/C15H28O3/c1-9-5-6-11-12(13(9)16)10(14(2,3)17)7-8-15(11,4)18/h9-13,16-18H,5-8H2,1-4H3/t9-,10+,11-,12-,13-,15-/m1/s1. The third-order valence-corrected chi connectivity index (χ3v) is 5.51. The van der Waals surface area contributed by atoms with E-state index in [1.165, 1.54) is 0 Å². The van der Waals surface area contributed by atoms with E-state index in [0.29, 0.717) is 0 Å². The summed E-state index contributed by atoms with van der Waals surface area (Å²) >= 11 is 0. The van der Waals surface area contributed by atoms with Crippen LogP contribution in [-0.4, -0.2) is 32.6 Å². The highest BCUT2D eigenvalue weighted by atomic mass is 16.3. The number of rotatable bonds is 1. The largest absolute Gasteiger partial charge is 0.393 e. The van der Waals surface area contributed by atoms with Crippen LogP contribution < -0.4 is 0 Å². The van der Waals surface area contributed by atoms with Gasteiger partial charge < -0.3 is 15.3 Å². The first kappa shape index (κ1) is 14.3. The van der Waals surface area contributed by atoms with Gasteiger partial charge in [0.25, 0.3) is 0 Å². The number of hydrogen-bond donors (Lipinski definition) is 3. The van der Waals surface area contributed by atoms with E-state index in [1.54, 1.807) is 0 Å². The average Bonchev–Trinajstić information content (AvgIpc) is 2.21. The molecule has 2 aliphatic rings. The van der Waals surface area contributed by atoms with Crippen LogP contribution >= 0.6 is 0 Å². The van der Waals surface area contributed by atoms with Crippen molar-refractivity contribution in [3.63, 3.8) is 0 Å². The minimum Gasteiger partial charge on any atom is -0.393 e. The Morgan fingerprint density at radius 3 is 2.33 bits per heavy atom. The Morgan fingerprint density at radius 2 is 1.78 bits per heavy atom. The van der Waals surface area contributed by atoms with Gasteiger partial charge in [0.1, 0.15) is 0 Å². The molecule has 0 aromatic carbocycles. The van der Waals surface area contributed by atoms with Gasteiger partial charge in [0.2, 0.25) is 0 Å². The number of hydrogen-bond acceptors (Lipinski definition) is 3. The molecule has 2 rings (SSSR count). The molecule has 0 amide bonds. The van der Waals surface area contributed by atoms with E-state index in [-0.39, 0.29) is 23.7 Å². The molecule has 18 heavy (non-hydrogen) atoms. The predicted molar refractivity (Wildman–Crippen MR) is 71.0 cm³/mol. The smallest absolute Gasteiger partial charge is 0.0651 e. The van der Waals surface area contributed by atoms with Crippen LogP contribution in [0.4, 0.5) is 0 Å². The van der Waals surface area contributed by atoms with E-state index in [1.807, 2.05) is 20.8 Å². The molecule has 0 saturated heterocycles. The van der Waals surface area contributed by atoms with Crippen molar-refractivity contribution >= 4 is 0 Å². The molecular weight excluding hydrogens is 228 g/mol. The van der Waals surface area contributed by atoms with E-state index in [2.05, 4.69) is 6.92 Å². The van der Waals surface area contributed by atoms with Gasteiger partial charge in [-0.3, -0.25) is 0 Å². The van der Waals surface area contributed by atoms with Crippen LogP contribution in [-0.2, 0) is 0 Å². The summed E-state index contributed by atoms with van der Waals surface area (Å²) in [7, 11) is 0. The fourth-order valence-corrected chi connectivity index (χ4v) is 4.32. The average molecular weight is 256 g/mol. The topological polar surface area (TPSA) is 60.7 Å². The van der Waals surface area contributed by atoms with Crippen LogP contribution in [0.2, 0.25) is 0 Å². The van der Waals surface area contributed by atoms with Crippen LogP contribution in [0.1, 0.15) is 53.4 Å². The minimum atomic E-state index is -0.780. The Kier molecular flexibility index (Phi) is 3.54. The SMILES string of the molecule is C[C@@H]1CC[C@@H]2[C@H]([C@@H]1O)[C@@H](C(C)(C)O)CC[C@@]2(C)O. The van der Waals surface area contributed by atoms with Gasteiger partial charge in [-0.25, -0.2) is 0 Å². The van der Waals surface area contributed by atoms with Crippen molar-refractivity contribution in [3.05, 3.63) is 0 Å². The maximum absolute atomic E-state index is 10.6. The molecule has 0 unspecified atom stereocenters. The van der Waals surface area contributed by atoms with Gasteiger partial charge in [0.05, 0.1) is 17.3 Å². The molecule has 0 heterocycles. The summed E-state index contributed by atoms with van der Waals surface area (Å²) < 4.78 is 0. The Labute approximate surface area is 110 Å². The third-order valence-electron chi connectivity index (χ3n) is 5.51. The molecule has 2 aliphatic carbocycles. The maximum atomic E-state index is 10.6. The molecule has 2 fully saturated rings. The number of aliphatic hydroxyl groups excluding tert-OH is 1. The van der Waals surface area contributed by atoms with Gasteiger partial charge in [0.15, 0.2) is 0 Å². The second-order valence-electron chi connectivity index (χ2n) is 7.39. The highest BCUT2D eigenvalue weighted by Gasteiger charge is 2.54. The summed E-state index contributed by atoms with van der Waals surface area (Å²) in [4.78, 5) is 0. The molecule has 0 radical (unpaired) electrons. The van der Waals surface area contributed by atoms with E-state index in [0.717, 1.165) is 25.7 Å². The molecule has 0 aliphatic heterocycles. The second-order valence-corrected chi connectivity index (χ2v) is 7.39. The summed E-state index contributed by atoms with van der Waals surface area (Å²) in [6, 6.07) is 0. The normalized spacial score (nSPS) is 49.8. The van der Waals surface area contributed by atoms with Crippen molar-refractivity contribution in [2.45, 2.75) is 70.7 Å². The van der Waals surface area contributed by atoms with Gasteiger partial charge in [-0.2, -0.15) is 0 Å². The summed E-state index contributed by atoms with van der Waals surface area (Å²) in [5, 5.41) is 31.4. The van der Waals surface area contributed by atoms with E-state index in [4.69, 9.17) is 0 Å². The van der Waals surface area contributed by atoms with Crippen LogP contribution in [0.5, 0.6) is 0 Å². The van der Waals surface area contributed by atoms with E-state index >= 15 is 0 Å². The van der Waals surface area contributed by atoms with Gasteiger partial charge >= 0.3 is 0 Å². The molecule has 6 atom stereocenters. The summed E-state index contributed by atoms with van der Waals surface area (Å²) in [5.41, 5.74) is -1.47. The Bertz CT molecular complexity index is 303. The van der Waals surface area contributed by atoms with Gasteiger partial charge in [-0.05, 0) is 70.1 Å². The van der Waals surface area contributed by atoms with Crippen LogP contribution in [0.15, 0.2) is 0 Å². The predicted octanol–water partition coefficient (Wildman–Crippen LogP) is 1.94. The lowest BCUT2D eigenvalue weighted by Crippen LogP contribution is -2.58. The summed E-state index contributed by atoms with van der Waals surface area (Å²) in [6.07, 6.45) is 3.05. The zero-order chi connectivity index (χ0) is 13.7. The fourth-order valence-electron chi connectivity index (χ4n) is 4.32. The quantitative estimate of drug-likeness (QED) is 0.672. The van der Waals surface area contributed by atoms with Crippen molar-refractivity contribution < 1.29 is 15.3 Å². The molecule has 0 bridgehead atoms. The van der Waals surface area contributed by atoms with E-state index in [9.17, 15) is 15.3 Å². The minimum absolute atomic E-state index is 0.0255. The van der Waals surface area contributed by atoms with Crippen molar-refractivity contribution in [1.29, 1.82) is 0 Å². The molecule has 2 saturated carbocycles. The number of fused-ring (bicyclic) bond motifs is 1. The first-order chi connectivity index (χ1) is 8.14. The zero-order valence-electron chi connectivity index (χ0n) is 12.1. The van der Waals surface area contributed by atoms with Gasteiger partial charge in [-0.15, -0.1) is 0 Å². The Balaban J connectivity index is 2.32. The lowest BCUT2D eigenvalue weighted by Gasteiger charge is -2.55. The molecular formula is C15H28O3. The monoisotopic (exact) mass is 256 g/mol. The maximum Gasteiger partial charge on any atom is 0.0651 e. The molecule has 0 aromatic heterocycles. The lowest BCUT2D eigenvalue weighted by molar-refractivity contribution is -0.179. The van der Waals surface area contributed by atoms with Crippen molar-refractivity contribution in [2.75, 3.05) is 0 Å². The summed E-state index contributed by atoms with van der Waals surface area (Å²) in [6.45, 7) is 7.64. The molecule has 3 N–H and O–H groups in total. The van der Waals surface area contributed by atoms with Crippen LogP contribution in [0.25, 0.3) is 0 Å². The van der Waals surface area contributed by atoms with Crippen LogP contribution in [0, 0.1) is 23.7 Å². The summed E-state index contributed by atoms with van der Waals surface area (Å²) in [5.74, 6) is 0.497. The highest BCUT2D eigenvalue weighted by Crippen LogP contribution is 2.52. The Morgan fingerprint density at radius 1 is 1.17 bits per heavy atom. The second kappa shape index (κ2) is 4.46. The third kappa shape index (κ3) is 2.33. The lowest BCUT2D eigenvalue weighted by atomic mass is 9.54. The van der Waals surface area contributed by atoms with Crippen molar-refractivity contribution in [2.24, 2.45) is 23.7 Å². The van der Waals surface area contributed by atoms with Crippen molar-refractivity contribution in [1.82, 2.24) is 0 Å². The highest BCUT2D eigenvalue weighted by molar-refractivity contribution is 5.04.